The lowest BCUT2D eigenvalue weighted by Crippen LogP contribution is -2.15. The van der Waals surface area contributed by atoms with Gasteiger partial charge >= 0.3 is 0 Å². The fourth-order valence-corrected chi connectivity index (χ4v) is 3.14. The van der Waals surface area contributed by atoms with Gasteiger partial charge in [0.25, 0.3) is 5.69 Å². The Bertz CT molecular complexity index is 1240. The summed E-state index contributed by atoms with van der Waals surface area (Å²) < 4.78 is 5.80. The summed E-state index contributed by atoms with van der Waals surface area (Å²) in [4.78, 5) is 35.8. The molecule has 1 N–H and O–H groups in total. The Morgan fingerprint density at radius 1 is 0.867 bits per heavy atom. The van der Waals surface area contributed by atoms with Crippen LogP contribution in [0.3, 0.4) is 0 Å². The van der Waals surface area contributed by atoms with Crippen molar-refractivity contribution in [2.24, 2.45) is 0 Å². The quantitative estimate of drug-likeness (QED) is 0.270. The fraction of sp³-hybridized carbons (Fsp3) is 0.0435. The van der Waals surface area contributed by atoms with Crippen molar-refractivity contribution >= 4 is 33.9 Å². The summed E-state index contributed by atoms with van der Waals surface area (Å²) >= 11 is 0. The normalized spacial score (nSPS) is 10.7. The van der Waals surface area contributed by atoms with Gasteiger partial charge < -0.3 is 9.73 Å². The molecule has 0 atom stereocenters. The zero-order chi connectivity index (χ0) is 21.1. The number of hydrogen-bond donors (Lipinski definition) is 1. The third-order valence-electron chi connectivity index (χ3n) is 4.66. The van der Waals surface area contributed by atoms with Gasteiger partial charge in [-0.05, 0) is 24.3 Å². The highest BCUT2D eigenvalue weighted by molar-refractivity contribution is 6.15. The molecule has 0 amide bonds. The lowest BCUT2D eigenvalue weighted by molar-refractivity contribution is -0.384. The second kappa shape index (κ2) is 8.00. The highest BCUT2D eigenvalue weighted by Crippen LogP contribution is 2.32. The second-order valence-corrected chi connectivity index (χ2v) is 6.58. The number of ketones is 2. The van der Waals surface area contributed by atoms with Crippen LogP contribution in [0.2, 0.25) is 0 Å². The summed E-state index contributed by atoms with van der Waals surface area (Å²) in [5.74, 6) is -0.440. The molecule has 0 unspecified atom stereocenters. The van der Waals surface area contributed by atoms with E-state index in [2.05, 4.69) is 5.32 Å². The lowest BCUT2D eigenvalue weighted by Gasteiger charge is -2.07. The average molecular weight is 400 g/mol. The highest BCUT2D eigenvalue weighted by atomic mass is 16.6. The van der Waals surface area contributed by atoms with Gasteiger partial charge in [-0.1, -0.05) is 42.5 Å². The van der Waals surface area contributed by atoms with Gasteiger partial charge in [-0.15, -0.1) is 0 Å². The summed E-state index contributed by atoms with van der Waals surface area (Å²) in [6.45, 7) is -0.101. The number of nitro groups is 1. The second-order valence-electron chi connectivity index (χ2n) is 6.58. The van der Waals surface area contributed by atoms with Crippen molar-refractivity contribution in [1.82, 2.24) is 0 Å². The van der Waals surface area contributed by atoms with E-state index in [1.54, 1.807) is 42.5 Å². The number of benzene rings is 3. The number of Topliss-reactive ketones (excluding diaryl/α,β-unsaturated/α-hetero) is 1. The van der Waals surface area contributed by atoms with Gasteiger partial charge in [0, 0.05) is 28.6 Å². The first-order chi connectivity index (χ1) is 14.5. The number of carbonyl (C=O) groups excluding carboxylic acids is 2. The van der Waals surface area contributed by atoms with Crippen LogP contribution in [0.25, 0.3) is 11.0 Å². The van der Waals surface area contributed by atoms with Crippen LogP contribution >= 0.6 is 0 Å². The molecule has 30 heavy (non-hydrogen) atoms. The molecule has 4 rings (SSSR count). The number of hydrogen-bond acceptors (Lipinski definition) is 6. The zero-order valence-corrected chi connectivity index (χ0v) is 15.7. The molecule has 0 saturated carbocycles. The topological polar surface area (TPSA) is 102 Å². The van der Waals surface area contributed by atoms with Crippen molar-refractivity contribution in [2.75, 3.05) is 11.9 Å². The Labute approximate surface area is 171 Å². The maximum absolute atomic E-state index is 13.0. The van der Waals surface area contributed by atoms with Gasteiger partial charge in [0.05, 0.1) is 17.2 Å². The van der Waals surface area contributed by atoms with Crippen LogP contribution < -0.4 is 5.32 Å². The number of anilines is 1. The molecule has 148 valence electrons. The Morgan fingerprint density at radius 2 is 1.53 bits per heavy atom. The van der Waals surface area contributed by atoms with Crippen molar-refractivity contribution in [3.05, 3.63) is 106 Å². The minimum absolute atomic E-state index is 0.0870. The van der Waals surface area contributed by atoms with Gasteiger partial charge in [0.2, 0.25) is 5.78 Å². The Kier molecular flexibility index (Phi) is 5.09. The Balaban J connectivity index is 1.62. The number of para-hydroxylation sites is 1. The number of carbonyl (C=O) groups is 2. The molecular formula is C23H16N2O5. The van der Waals surface area contributed by atoms with Crippen LogP contribution in [0, 0.1) is 10.1 Å². The van der Waals surface area contributed by atoms with E-state index >= 15 is 0 Å². The van der Waals surface area contributed by atoms with Gasteiger partial charge in [0.15, 0.2) is 11.5 Å². The summed E-state index contributed by atoms with van der Waals surface area (Å²) in [6.07, 6.45) is 0. The van der Waals surface area contributed by atoms with E-state index in [-0.39, 0.29) is 29.6 Å². The monoisotopic (exact) mass is 400 g/mol. The molecule has 0 bridgehead atoms. The van der Waals surface area contributed by atoms with E-state index in [1.807, 2.05) is 12.1 Å². The third kappa shape index (κ3) is 3.68. The van der Waals surface area contributed by atoms with E-state index in [0.717, 1.165) is 0 Å². The van der Waals surface area contributed by atoms with Crippen molar-refractivity contribution in [3.8, 4) is 0 Å². The van der Waals surface area contributed by atoms with E-state index < -0.39 is 4.92 Å². The molecule has 0 aliphatic heterocycles. The molecule has 0 aliphatic rings. The number of rotatable bonds is 7. The molecular weight excluding hydrogens is 384 g/mol. The zero-order valence-electron chi connectivity index (χ0n) is 15.7. The highest BCUT2D eigenvalue weighted by Gasteiger charge is 2.22. The number of nitrogens with one attached hydrogen (secondary N) is 1. The van der Waals surface area contributed by atoms with Crippen LogP contribution in [0.15, 0.2) is 83.3 Å². The predicted octanol–water partition coefficient (Wildman–Crippen LogP) is 4.87. The molecule has 0 spiro atoms. The number of fused-ring (bicyclic) bond motifs is 1. The number of non-ortho nitro benzene ring substituents is 1. The van der Waals surface area contributed by atoms with Gasteiger partial charge in [0.1, 0.15) is 5.58 Å². The van der Waals surface area contributed by atoms with Crippen molar-refractivity contribution < 1.29 is 18.9 Å². The van der Waals surface area contributed by atoms with E-state index in [9.17, 15) is 19.7 Å². The molecule has 0 radical (unpaired) electrons. The lowest BCUT2D eigenvalue weighted by atomic mass is 10.1. The molecule has 7 nitrogen and oxygen atoms in total. The van der Waals surface area contributed by atoms with Crippen molar-refractivity contribution in [2.45, 2.75) is 0 Å². The summed E-state index contributed by atoms with van der Waals surface area (Å²) in [6, 6.07) is 21.3. The Hall–Kier alpha value is -4.26. The third-order valence-corrected chi connectivity index (χ3v) is 4.66. The first-order valence-corrected chi connectivity index (χ1v) is 9.17. The number of nitro benzene ring substituents is 1. The fourth-order valence-electron chi connectivity index (χ4n) is 3.14. The maximum Gasteiger partial charge on any atom is 0.269 e. The van der Waals surface area contributed by atoms with Gasteiger partial charge in [-0.3, -0.25) is 19.7 Å². The van der Waals surface area contributed by atoms with Crippen LogP contribution in [0.1, 0.15) is 26.5 Å². The van der Waals surface area contributed by atoms with Crippen LogP contribution in [0.4, 0.5) is 11.4 Å². The molecule has 4 aromatic rings. The SMILES string of the molecule is O=C(CNc1c(C(=O)c2ccccc2)oc2ccccc12)c1ccc([N+](=O)[O-])cc1. The van der Waals surface area contributed by atoms with Crippen molar-refractivity contribution in [1.29, 1.82) is 0 Å². The largest absolute Gasteiger partial charge is 0.450 e. The first-order valence-electron chi connectivity index (χ1n) is 9.17. The van der Waals surface area contributed by atoms with E-state index in [4.69, 9.17) is 4.42 Å². The summed E-state index contributed by atoms with van der Waals surface area (Å²) in [5.41, 5.74) is 1.69. The minimum atomic E-state index is -0.522. The molecule has 1 heterocycles. The van der Waals surface area contributed by atoms with Crippen molar-refractivity contribution in [3.63, 3.8) is 0 Å². The summed E-state index contributed by atoms with van der Waals surface area (Å²) in [7, 11) is 0. The predicted molar refractivity (Wildman–Crippen MR) is 112 cm³/mol. The van der Waals surface area contributed by atoms with E-state index in [1.165, 1.54) is 24.3 Å². The molecule has 3 aromatic carbocycles. The molecule has 1 aromatic heterocycles. The molecule has 0 saturated heterocycles. The molecule has 0 fully saturated rings. The minimum Gasteiger partial charge on any atom is -0.450 e. The van der Waals surface area contributed by atoms with Crippen LogP contribution in [-0.2, 0) is 0 Å². The Morgan fingerprint density at radius 3 is 2.23 bits per heavy atom. The van der Waals surface area contributed by atoms with E-state index in [0.29, 0.717) is 27.8 Å². The first kappa shape index (κ1) is 19.1. The van der Waals surface area contributed by atoms with Crippen LogP contribution in [0.5, 0.6) is 0 Å². The molecule has 7 heteroatoms. The van der Waals surface area contributed by atoms with Gasteiger partial charge in [-0.25, -0.2) is 0 Å². The van der Waals surface area contributed by atoms with Gasteiger partial charge in [-0.2, -0.15) is 0 Å². The smallest absolute Gasteiger partial charge is 0.269 e. The standard InChI is InChI=1S/C23H16N2O5/c26-19(15-10-12-17(13-11-15)25(28)29)14-24-21-18-8-4-5-9-20(18)30-23(21)22(27)16-6-2-1-3-7-16/h1-13,24H,14H2. The molecule has 0 aliphatic carbocycles. The summed E-state index contributed by atoms with van der Waals surface area (Å²) in [5, 5.41) is 14.5. The number of nitrogens with zero attached hydrogens (tertiary/aromatic N) is 1. The van der Waals surface area contributed by atoms with Crippen LogP contribution in [-0.4, -0.2) is 23.0 Å². The number of furan rings is 1. The maximum atomic E-state index is 13.0. The average Bonchev–Trinajstić information content (AvgIpc) is 3.16.